The van der Waals surface area contributed by atoms with Crippen molar-refractivity contribution in [2.45, 2.75) is 6.04 Å². The summed E-state index contributed by atoms with van der Waals surface area (Å²) < 4.78 is 6.78. The highest BCUT2D eigenvalue weighted by atomic mass is 16.6. The largest absolute Gasteiger partial charge is 0.433 e. The number of furan rings is 1. The standard InChI is InChI=1S/C9H9N5O3/c15-14(16)9-2-1-8(17-9)7-5-13(12-11-7)6-3-10-4-6/h1-2,5-6,10H,3-4H2. The first-order chi connectivity index (χ1) is 8.24. The SMILES string of the molecule is O=[N+]([O-])c1ccc(-c2cn(C3CNC3)nn2)o1. The van der Waals surface area contributed by atoms with E-state index in [9.17, 15) is 10.1 Å². The maximum Gasteiger partial charge on any atom is 0.433 e. The lowest BCUT2D eigenvalue weighted by Gasteiger charge is -2.26. The zero-order valence-corrected chi connectivity index (χ0v) is 8.74. The monoisotopic (exact) mass is 235 g/mol. The zero-order chi connectivity index (χ0) is 11.8. The Bertz CT molecular complexity index is 556. The summed E-state index contributed by atoms with van der Waals surface area (Å²) in [7, 11) is 0. The fourth-order valence-electron chi connectivity index (χ4n) is 1.59. The molecule has 2 aromatic heterocycles. The summed E-state index contributed by atoms with van der Waals surface area (Å²) in [6, 6.07) is 3.13. The van der Waals surface area contributed by atoms with Gasteiger partial charge in [0.2, 0.25) is 0 Å². The third-order valence-corrected chi connectivity index (χ3v) is 2.67. The molecule has 88 valence electrons. The van der Waals surface area contributed by atoms with Crippen LogP contribution in [0.4, 0.5) is 5.88 Å². The van der Waals surface area contributed by atoms with Crippen LogP contribution >= 0.6 is 0 Å². The number of nitrogens with zero attached hydrogens (tertiary/aromatic N) is 4. The molecule has 0 spiro atoms. The van der Waals surface area contributed by atoms with Crippen LogP contribution in [0.25, 0.3) is 11.5 Å². The molecular weight excluding hydrogens is 226 g/mol. The minimum atomic E-state index is -0.580. The molecule has 8 heteroatoms. The van der Waals surface area contributed by atoms with Crippen molar-refractivity contribution in [2.24, 2.45) is 0 Å². The van der Waals surface area contributed by atoms with Crippen LogP contribution in [0.2, 0.25) is 0 Å². The number of nitro groups is 1. The molecule has 0 unspecified atom stereocenters. The van der Waals surface area contributed by atoms with E-state index in [2.05, 4.69) is 15.6 Å². The molecule has 0 amide bonds. The molecule has 8 nitrogen and oxygen atoms in total. The van der Waals surface area contributed by atoms with E-state index < -0.39 is 4.92 Å². The van der Waals surface area contributed by atoms with Gasteiger partial charge in [-0.3, -0.25) is 10.1 Å². The fourth-order valence-corrected chi connectivity index (χ4v) is 1.59. The fraction of sp³-hybridized carbons (Fsp3) is 0.333. The van der Waals surface area contributed by atoms with Crippen LogP contribution in [0.3, 0.4) is 0 Å². The highest BCUT2D eigenvalue weighted by Gasteiger charge is 2.21. The Kier molecular flexibility index (Phi) is 2.15. The van der Waals surface area contributed by atoms with Crippen LogP contribution in [0.1, 0.15) is 6.04 Å². The van der Waals surface area contributed by atoms with Crippen molar-refractivity contribution in [1.82, 2.24) is 20.3 Å². The van der Waals surface area contributed by atoms with Gasteiger partial charge in [0.25, 0.3) is 0 Å². The Morgan fingerprint density at radius 3 is 2.94 bits per heavy atom. The van der Waals surface area contributed by atoms with Crippen molar-refractivity contribution in [1.29, 1.82) is 0 Å². The molecule has 0 atom stereocenters. The molecule has 0 saturated carbocycles. The molecular formula is C9H9N5O3. The Hall–Kier alpha value is -2.22. The van der Waals surface area contributed by atoms with Gasteiger partial charge in [0.1, 0.15) is 10.6 Å². The Labute approximate surface area is 95.4 Å². The van der Waals surface area contributed by atoms with Gasteiger partial charge in [0.05, 0.1) is 18.3 Å². The van der Waals surface area contributed by atoms with Crippen molar-refractivity contribution in [2.75, 3.05) is 13.1 Å². The van der Waals surface area contributed by atoms with Crippen molar-refractivity contribution < 1.29 is 9.34 Å². The van der Waals surface area contributed by atoms with E-state index in [1.165, 1.54) is 12.1 Å². The van der Waals surface area contributed by atoms with Crippen molar-refractivity contribution >= 4 is 5.88 Å². The predicted octanol–water partition coefficient (Wildman–Crippen LogP) is 0.591. The van der Waals surface area contributed by atoms with E-state index in [-0.39, 0.29) is 5.88 Å². The molecule has 1 saturated heterocycles. The van der Waals surface area contributed by atoms with Crippen molar-refractivity contribution in [3.63, 3.8) is 0 Å². The second-order valence-corrected chi connectivity index (χ2v) is 3.79. The molecule has 1 fully saturated rings. The summed E-state index contributed by atoms with van der Waals surface area (Å²) >= 11 is 0. The molecule has 0 radical (unpaired) electrons. The van der Waals surface area contributed by atoms with Crippen molar-refractivity contribution in [3.8, 4) is 11.5 Å². The van der Waals surface area contributed by atoms with Crippen LogP contribution in [0.5, 0.6) is 0 Å². The van der Waals surface area contributed by atoms with Gasteiger partial charge in [-0.05, 0) is 6.07 Å². The second-order valence-electron chi connectivity index (χ2n) is 3.79. The number of hydrogen-bond acceptors (Lipinski definition) is 6. The second kappa shape index (κ2) is 3.67. The number of rotatable bonds is 3. The number of aromatic nitrogens is 3. The quantitative estimate of drug-likeness (QED) is 0.617. The maximum absolute atomic E-state index is 10.5. The first kappa shape index (κ1) is 9.97. The summed E-state index contributed by atoms with van der Waals surface area (Å²) in [5.74, 6) is 0.0649. The lowest BCUT2D eigenvalue weighted by molar-refractivity contribution is -0.401. The Morgan fingerprint density at radius 1 is 1.53 bits per heavy atom. The smallest absolute Gasteiger partial charge is 0.399 e. The molecule has 0 aromatic carbocycles. The van der Waals surface area contributed by atoms with E-state index in [4.69, 9.17) is 4.42 Å². The van der Waals surface area contributed by atoms with Crippen LogP contribution in [0, 0.1) is 10.1 Å². The normalized spacial score (nSPS) is 15.8. The van der Waals surface area contributed by atoms with E-state index in [0.29, 0.717) is 17.5 Å². The van der Waals surface area contributed by atoms with E-state index in [1.54, 1.807) is 10.9 Å². The summed E-state index contributed by atoms with van der Waals surface area (Å²) in [6.45, 7) is 1.72. The molecule has 0 bridgehead atoms. The van der Waals surface area contributed by atoms with E-state index in [1.807, 2.05) is 0 Å². The predicted molar refractivity (Wildman–Crippen MR) is 56.3 cm³/mol. The topological polar surface area (TPSA) is 99.0 Å². The lowest BCUT2D eigenvalue weighted by atomic mass is 10.2. The third kappa shape index (κ3) is 1.68. The van der Waals surface area contributed by atoms with Gasteiger partial charge < -0.3 is 9.73 Å². The average molecular weight is 235 g/mol. The molecule has 0 aliphatic carbocycles. The van der Waals surface area contributed by atoms with E-state index in [0.717, 1.165) is 13.1 Å². The first-order valence-corrected chi connectivity index (χ1v) is 5.11. The Balaban J connectivity index is 1.87. The third-order valence-electron chi connectivity index (χ3n) is 2.67. The van der Waals surface area contributed by atoms with Gasteiger partial charge in [0.15, 0.2) is 5.76 Å². The lowest BCUT2D eigenvalue weighted by Crippen LogP contribution is -2.43. The summed E-state index contributed by atoms with van der Waals surface area (Å²) in [4.78, 5) is 9.90. The van der Waals surface area contributed by atoms with Crippen LogP contribution in [0.15, 0.2) is 22.7 Å². The number of nitrogens with one attached hydrogen (secondary N) is 1. The van der Waals surface area contributed by atoms with Crippen molar-refractivity contribution in [3.05, 3.63) is 28.4 Å². The van der Waals surface area contributed by atoms with Crippen LogP contribution < -0.4 is 5.32 Å². The van der Waals surface area contributed by atoms with Gasteiger partial charge >= 0.3 is 5.88 Å². The van der Waals surface area contributed by atoms with Gasteiger partial charge in [-0.1, -0.05) is 5.21 Å². The van der Waals surface area contributed by atoms with Crippen LogP contribution in [-0.4, -0.2) is 33.0 Å². The maximum atomic E-state index is 10.5. The molecule has 1 N–H and O–H groups in total. The summed E-state index contributed by atoms with van der Waals surface area (Å²) in [6.07, 6.45) is 1.73. The molecule has 2 aromatic rings. The number of hydrogen-bond donors (Lipinski definition) is 1. The first-order valence-electron chi connectivity index (χ1n) is 5.11. The van der Waals surface area contributed by atoms with Gasteiger partial charge in [-0.25, -0.2) is 4.68 Å². The zero-order valence-electron chi connectivity index (χ0n) is 8.74. The minimum absolute atomic E-state index is 0.292. The summed E-state index contributed by atoms with van der Waals surface area (Å²) in [5.41, 5.74) is 0.505. The highest BCUT2D eigenvalue weighted by Crippen LogP contribution is 2.24. The molecule has 1 aliphatic heterocycles. The molecule has 3 heterocycles. The van der Waals surface area contributed by atoms with Crippen LogP contribution in [-0.2, 0) is 0 Å². The Morgan fingerprint density at radius 2 is 2.35 bits per heavy atom. The average Bonchev–Trinajstić information content (AvgIpc) is 2.80. The van der Waals surface area contributed by atoms with E-state index >= 15 is 0 Å². The summed E-state index contributed by atoms with van der Waals surface area (Å²) in [5, 5.41) is 21.5. The molecule has 1 aliphatic rings. The molecule has 3 rings (SSSR count). The highest BCUT2D eigenvalue weighted by molar-refractivity contribution is 5.51. The molecule has 17 heavy (non-hydrogen) atoms. The van der Waals surface area contributed by atoms with Gasteiger partial charge in [-0.15, -0.1) is 5.10 Å². The minimum Gasteiger partial charge on any atom is -0.399 e. The van der Waals surface area contributed by atoms with Gasteiger partial charge in [0, 0.05) is 13.1 Å². The van der Waals surface area contributed by atoms with Gasteiger partial charge in [-0.2, -0.15) is 0 Å².